The molecule has 94 valence electrons. The smallest absolute Gasteiger partial charge is 0.312 e. The highest BCUT2D eigenvalue weighted by Gasteiger charge is 2.29. The summed E-state index contributed by atoms with van der Waals surface area (Å²) in [5.74, 6) is -1.25. The molecular weight excluding hydrogens is 222 g/mol. The summed E-state index contributed by atoms with van der Waals surface area (Å²) in [6.45, 7) is 6.82. The number of likely N-dealkylation sites (N-methyl/N-ethyl adjacent to an activating group) is 1. The third-order valence-electron chi connectivity index (χ3n) is 2.58. The van der Waals surface area contributed by atoms with Gasteiger partial charge in [-0.25, -0.2) is 0 Å². The van der Waals surface area contributed by atoms with E-state index >= 15 is 0 Å². The lowest BCUT2D eigenvalue weighted by Gasteiger charge is -2.31. The van der Waals surface area contributed by atoms with Crippen molar-refractivity contribution in [3.05, 3.63) is 12.2 Å². The summed E-state index contributed by atoms with van der Waals surface area (Å²) in [4.78, 5) is 37.0. The molecule has 6 nitrogen and oxygen atoms in total. The zero-order valence-corrected chi connectivity index (χ0v) is 10.2. The fourth-order valence-corrected chi connectivity index (χ4v) is 1.44. The highest BCUT2D eigenvalue weighted by Crippen LogP contribution is 2.01. The maximum absolute atomic E-state index is 11.5. The SMILES string of the molecule is C=C(C)C(=O)NCCN1CCN(C)C(=O)C1=O. The summed E-state index contributed by atoms with van der Waals surface area (Å²) in [5.41, 5.74) is 0.422. The molecule has 0 aromatic rings. The molecular formula is C11H17N3O3. The highest BCUT2D eigenvalue weighted by molar-refractivity contribution is 6.35. The molecule has 1 heterocycles. The van der Waals surface area contributed by atoms with Gasteiger partial charge in [-0.2, -0.15) is 0 Å². The number of rotatable bonds is 4. The van der Waals surface area contributed by atoms with Crippen LogP contribution in [0, 0.1) is 0 Å². The quantitative estimate of drug-likeness (QED) is 0.504. The molecule has 3 amide bonds. The van der Waals surface area contributed by atoms with Gasteiger partial charge in [-0.15, -0.1) is 0 Å². The lowest BCUT2D eigenvalue weighted by molar-refractivity contribution is -0.154. The average Bonchev–Trinajstić information content (AvgIpc) is 2.28. The Morgan fingerprint density at radius 2 is 2.00 bits per heavy atom. The maximum Gasteiger partial charge on any atom is 0.312 e. The third-order valence-corrected chi connectivity index (χ3v) is 2.58. The van der Waals surface area contributed by atoms with Crippen LogP contribution in [0.4, 0.5) is 0 Å². The Morgan fingerprint density at radius 3 is 2.59 bits per heavy atom. The second-order valence-electron chi connectivity index (χ2n) is 4.06. The number of hydrogen-bond donors (Lipinski definition) is 1. The summed E-state index contributed by atoms with van der Waals surface area (Å²) >= 11 is 0. The normalized spacial score (nSPS) is 16.1. The minimum atomic E-state index is -0.511. The Hall–Kier alpha value is -1.85. The first-order valence-corrected chi connectivity index (χ1v) is 5.41. The van der Waals surface area contributed by atoms with Gasteiger partial charge in [-0.1, -0.05) is 6.58 Å². The van der Waals surface area contributed by atoms with Crippen molar-refractivity contribution in [2.24, 2.45) is 0 Å². The molecule has 0 saturated carbocycles. The van der Waals surface area contributed by atoms with Crippen LogP contribution >= 0.6 is 0 Å². The van der Waals surface area contributed by atoms with Crippen LogP contribution in [0.15, 0.2) is 12.2 Å². The van der Waals surface area contributed by atoms with Crippen LogP contribution in [0.3, 0.4) is 0 Å². The summed E-state index contributed by atoms with van der Waals surface area (Å²) in [5, 5.41) is 2.62. The van der Waals surface area contributed by atoms with E-state index in [4.69, 9.17) is 0 Å². The van der Waals surface area contributed by atoms with Crippen LogP contribution in [0.1, 0.15) is 6.92 Å². The van der Waals surface area contributed by atoms with Crippen LogP contribution in [-0.2, 0) is 14.4 Å². The van der Waals surface area contributed by atoms with Crippen LogP contribution in [-0.4, -0.2) is 60.7 Å². The van der Waals surface area contributed by atoms with Crippen LogP contribution < -0.4 is 5.32 Å². The van der Waals surface area contributed by atoms with E-state index in [9.17, 15) is 14.4 Å². The molecule has 0 bridgehead atoms. The number of carbonyl (C=O) groups excluding carboxylic acids is 3. The van der Waals surface area contributed by atoms with Crippen molar-refractivity contribution >= 4 is 17.7 Å². The zero-order chi connectivity index (χ0) is 13.0. The lowest BCUT2D eigenvalue weighted by atomic mass is 10.3. The molecule has 0 aromatic heterocycles. The molecule has 17 heavy (non-hydrogen) atoms. The standard InChI is InChI=1S/C11H17N3O3/c1-8(2)9(15)12-4-5-14-7-6-13(3)10(16)11(14)17/h1,4-7H2,2-3H3,(H,12,15). The second kappa shape index (κ2) is 5.47. The summed E-state index contributed by atoms with van der Waals surface area (Å²) in [6.07, 6.45) is 0. The van der Waals surface area contributed by atoms with Gasteiger partial charge >= 0.3 is 11.8 Å². The molecule has 0 atom stereocenters. The number of amides is 3. The number of nitrogens with one attached hydrogen (secondary N) is 1. The van der Waals surface area contributed by atoms with Gasteiger partial charge in [0.2, 0.25) is 5.91 Å². The third kappa shape index (κ3) is 3.30. The fourth-order valence-electron chi connectivity index (χ4n) is 1.44. The summed E-state index contributed by atoms with van der Waals surface area (Å²) < 4.78 is 0. The topological polar surface area (TPSA) is 69.7 Å². The first-order valence-electron chi connectivity index (χ1n) is 5.41. The van der Waals surface area contributed by atoms with E-state index in [1.807, 2.05) is 0 Å². The van der Waals surface area contributed by atoms with Gasteiger partial charge in [0.05, 0.1) is 0 Å². The molecule has 0 aromatic carbocycles. The fraction of sp³-hybridized carbons (Fsp3) is 0.545. The van der Waals surface area contributed by atoms with E-state index in [1.54, 1.807) is 14.0 Å². The Balaban J connectivity index is 2.38. The minimum Gasteiger partial charge on any atom is -0.351 e. The molecule has 1 fully saturated rings. The average molecular weight is 239 g/mol. The van der Waals surface area contributed by atoms with Crippen LogP contribution in [0.2, 0.25) is 0 Å². The van der Waals surface area contributed by atoms with Crippen molar-refractivity contribution in [1.29, 1.82) is 0 Å². The van der Waals surface area contributed by atoms with Gasteiger partial charge in [0, 0.05) is 38.8 Å². The number of nitrogens with zero attached hydrogens (tertiary/aromatic N) is 2. The summed E-state index contributed by atoms with van der Waals surface area (Å²) in [7, 11) is 1.60. The van der Waals surface area contributed by atoms with Crippen LogP contribution in [0.25, 0.3) is 0 Å². The number of carbonyl (C=O) groups is 3. The first kappa shape index (κ1) is 13.2. The highest BCUT2D eigenvalue weighted by atomic mass is 16.2. The Bertz CT molecular complexity index is 365. The van der Waals surface area contributed by atoms with E-state index < -0.39 is 11.8 Å². The van der Waals surface area contributed by atoms with Crippen LogP contribution in [0.5, 0.6) is 0 Å². The molecule has 0 unspecified atom stereocenters. The van der Waals surface area contributed by atoms with Crippen molar-refractivity contribution in [3.63, 3.8) is 0 Å². The van der Waals surface area contributed by atoms with Gasteiger partial charge in [0.1, 0.15) is 0 Å². The van der Waals surface area contributed by atoms with Crippen molar-refractivity contribution in [1.82, 2.24) is 15.1 Å². The largest absolute Gasteiger partial charge is 0.351 e. The molecule has 0 spiro atoms. The van der Waals surface area contributed by atoms with E-state index in [0.29, 0.717) is 31.8 Å². The van der Waals surface area contributed by atoms with Crippen molar-refractivity contribution in [2.75, 3.05) is 33.2 Å². The Morgan fingerprint density at radius 1 is 1.35 bits per heavy atom. The van der Waals surface area contributed by atoms with Crippen molar-refractivity contribution in [2.45, 2.75) is 6.92 Å². The van der Waals surface area contributed by atoms with Gasteiger partial charge in [-0.3, -0.25) is 14.4 Å². The minimum absolute atomic E-state index is 0.238. The zero-order valence-electron chi connectivity index (χ0n) is 10.2. The molecule has 1 rings (SSSR count). The number of hydrogen-bond acceptors (Lipinski definition) is 3. The molecule has 0 aliphatic carbocycles. The van der Waals surface area contributed by atoms with Crippen molar-refractivity contribution in [3.8, 4) is 0 Å². The predicted octanol–water partition coefficient (Wildman–Crippen LogP) is -1.02. The molecule has 1 saturated heterocycles. The van der Waals surface area contributed by atoms with Gasteiger partial charge in [0.15, 0.2) is 0 Å². The van der Waals surface area contributed by atoms with E-state index in [-0.39, 0.29) is 5.91 Å². The molecule has 1 aliphatic heterocycles. The molecule has 0 radical (unpaired) electrons. The van der Waals surface area contributed by atoms with Gasteiger partial charge in [0.25, 0.3) is 0 Å². The van der Waals surface area contributed by atoms with Crippen molar-refractivity contribution < 1.29 is 14.4 Å². The van der Waals surface area contributed by atoms with Gasteiger partial charge < -0.3 is 15.1 Å². The van der Waals surface area contributed by atoms with E-state index in [0.717, 1.165) is 0 Å². The van der Waals surface area contributed by atoms with Gasteiger partial charge in [-0.05, 0) is 6.92 Å². The molecule has 1 N–H and O–H groups in total. The Kier molecular flexibility index (Phi) is 4.25. The second-order valence-corrected chi connectivity index (χ2v) is 4.06. The summed E-state index contributed by atoms with van der Waals surface area (Å²) in [6, 6.07) is 0. The monoisotopic (exact) mass is 239 g/mol. The maximum atomic E-state index is 11.5. The first-order chi connectivity index (χ1) is 7.93. The Labute approximate surface area is 100 Å². The van der Waals surface area contributed by atoms with E-state index in [1.165, 1.54) is 9.80 Å². The van der Waals surface area contributed by atoms with E-state index in [2.05, 4.69) is 11.9 Å². The predicted molar refractivity (Wildman–Crippen MR) is 62.0 cm³/mol. The molecule has 6 heteroatoms. The lowest BCUT2D eigenvalue weighted by Crippen LogP contribution is -2.54. The number of piperazine rings is 1. The molecule has 1 aliphatic rings.